The van der Waals surface area contributed by atoms with Crippen LogP contribution < -0.4 is 0 Å². The van der Waals surface area contributed by atoms with Gasteiger partial charge in [0.15, 0.2) is 5.16 Å². The number of allylic oxidation sites excluding steroid dienone is 1. The van der Waals surface area contributed by atoms with Crippen LogP contribution in [0.15, 0.2) is 15.9 Å². The maximum Gasteiger partial charge on any atom is 0.172 e. The maximum absolute atomic E-state index is 9.67. The summed E-state index contributed by atoms with van der Waals surface area (Å²) < 4.78 is 0. The molecule has 8 heavy (non-hydrogen) atoms. The first-order valence-corrected chi connectivity index (χ1v) is 2.78. The Balaban J connectivity index is 4.03. The van der Waals surface area contributed by atoms with E-state index in [1.165, 1.54) is 0 Å². The summed E-state index contributed by atoms with van der Waals surface area (Å²) in [5.41, 5.74) is 0.835. The predicted molar refractivity (Wildman–Crippen MR) is 34.6 cm³/mol. The zero-order valence-corrected chi connectivity index (χ0v) is 5.70. The van der Waals surface area contributed by atoms with Crippen LogP contribution in [0.25, 0.3) is 0 Å². The Morgan fingerprint density at radius 3 is 2.38 bits per heavy atom. The molecule has 0 saturated carbocycles. The van der Waals surface area contributed by atoms with E-state index in [1.54, 1.807) is 6.92 Å². The molecule has 0 radical (unpaired) electrons. The first-order chi connectivity index (χ1) is 3.72. The summed E-state index contributed by atoms with van der Waals surface area (Å²) in [4.78, 5) is 9.67. The summed E-state index contributed by atoms with van der Waals surface area (Å²) >= 11 is 5.32. The summed E-state index contributed by atoms with van der Waals surface area (Å²) in [6.07, 6.45) is 0.782. The van der Waals surface area contributed by atoms with Gasteiger partial charge < -0.3 is 0 Å². The van der Waals surface area contributed by atoms with E-state index in [-0.39, 0.29) is 5.16 Å². The SMILES string of the molecule is CC/C(C)=C(\Cl)N=O. The highest BCUT2D eigenvalue weighted by Crippen LogP contribution is 2.11. The largest absolute Gasteiger partial charge is 0.172 e. The average Bonchev–Trinajstić information content (AvgIpc) is 1.84. The molecule has 0 saturated heterocycles. The molecule has 0 amide bonds. The van der Waals surface area contributed by atoms with Gasteiger partial charge in [0.2, 0.25) is 0 Å². The van der Waals surface area contributed by atoms with Crippen LogP contribution in [-0.2, 0) is 0 Å². The van der Waals surface area contributed by atoms with E-state index in [1.807, 2.05) is 6.92 Å². The molecule has 0 aliphatic carbocycles. The molecule has 0 rings (SSSR count). The molecule has 0 fully saturated rings. The number of rotatable bonds is 2. The first kappa shape index (κ1) is 7.63. The second-order valence-electron chi connectivity index (χ2n) is 1.52. The van der Waals surface area contributed by atoms with E-state index in [0.717, 1.165) is 12.0 Å². The Labute approximate surface area is 53.5 Å². The molecule has 0 aromatic carbocycles. The molecular weight excluding hydrogens is 126 g/mol. The molecule has 0 bridgehead atoms. The van der Waals surface area contributed by atoms with Crippen LogP contribution in [-0.4, -0.2) is 0 Å². The highest BCUT2D eigenvalue weighted by Gasteiger charge is 1.93. The van der Waals surface area contributed by atoms with Gasteiger partial charge in [-0.15, -0.1) is 4.91 Å². The number of hydrogen-bond acceptors (Lipinski definition) is 2. The second-order valence-corrected chi connectivity index (χ2v) is 1.87. The van der Waals surface area contributed by atoms with Crippen LogP contribution in [0.3, 0.4) is 0 Å². The van der Waals surface area contributed by atoms with Crippen molar-refractivity contribution in [2.24, 2.45) is 5.18 Å². The Morgan fingerprint density at radius 2 is 2.25 bits per heavy atom. The van der Waals surface area contributed by atoms with Crippen molar-refractivity contribution in [3.05, 3.63) is 15.6 Å². The van der Waals surface area contributed by atoms with Gasteiger partial charge in [-0.1, -0.05) is 18.5 Å². The third kappa shape index (κ3) is 2.07. The fourth-order valence-corrected chi connectivity index (χ4v) is 0.357. The minimum atomic E-state index is 0.0903. The van der Waals surface area contributed by atoms with Gasteiger partial charge in [0.25, 0.3) is 0 Å². The molecule has 2 nitrogen and oxygen atoms in total. The van der Waals surface area contributed by atoms with Crippen molar-refractivity contribution in [1.29, 1.82) is 0 Å². The minimum absolute atomic E-state index is 0.0903. The molecule has 0 aromatic rings. The van der Waals surface area contributed by atoms with Gasteiger partial charge in [0.05, 0.1) is 0 Å². The van der Waals surface area contributed by atoms with E-state index in [4.69, 9.17) is 11.6 Å². The number of nitroso groups, excluding NO2 is 1. The second kappa shape index (κ2) is 3.61. The lowest BCUT2D eigenvalue weighted by Gasteiger charge is -1.89. The van der Waals surface area contributed by atoms with Gasteiger partial charge in [-0.25, -0.2) is 0 Å². The van der Waals surface area contributed by atoms with Crippen LogP contribution in [0.2, 0.25) is 0 Å². The van der Waals surface area contributed by atoms with Crippen molar-refractivity contribution in [2.45, 2.75) is 20.3 Å². The molecule has 0 unspecified atom stereocenters. The van der Waals surface area contributed by atoms with Crippen molar-refractivity contribution in [3.63, 3.8) is 0 Å². The topological polar surface area (TPSA) is 29.4 Å². The zero-order valence-electron chi connectivity index (χ0n) is 4.94. The smallest absolute Gasteiger partial charge is 0.144 e. The van der Waals surface area contributed by atoms with Crippen LogP contribution in [0.5, 0.6) is 0 Å². The summed E-state index contributed by atoms with van der Waals surface area (Å²) in [5, 5.41) is 2.64. The Kier molecular flexibility index (Phi) is 3.44. The number of halogens is 1. The molecule has 0 spiro atoms. The van der Waals surface area contributed by atoms with Crippen molar-refractivity contribution in [2.75, 3.05) is 0 Å². The van der Waals surface area contributed by atoms with E-state index in [2.05, 4.69) is 5.18 Å². The Hall–Kier alpha value is -0.370. The summed E-state index contributed by atoms with van der Waals surface area (Å²) in [6.45, 7) is 3.70. The van der Waals surface area contributed by atoms with Gasteiger partial charge in [-0.2, -0.15) is 0 Å². The maximum atomic E-state index is 9.67. The monoisotopic (exact) mass is 133 g/mol. The van der Waals surface area contributed by atoms with Gasteiger partial charge in [0, 0.05) is 0 Å². The number of nitrogens with zero attached hydrogens (tertiary/aromatic N) is 1. The highest BCUT2D eigenvalue weighted by atomic mass is 35.5. The van der Waals surface area contributed by atoms with E-state index in [9.17, 15) is 4.91 Å². The normalized spacial score (nSPS) is 12.9. The van der Waals surface area contributed by atoms with Crippen molar-refractivity contribution in [1.82, 2.24) is 0 Å². The molecule has 3 heteroatoms. The van der Waals surface area contributed by atoms with E-state index >= 15 is 0 Å². The van der Waals surface area contributed by atoms with Gasteiger partial charge in [0.1, 0.15) is 0 Å². The highest BCUT2D eigenvalue weighted by molar-refractivity contribution is 6.29. The molecule has 0 aliphatic rings. The van der Waals surface area contributed by atoms with Gasteiger partial charge >= 0.3 is 0 Å². The summed E-state index contributed by atoms with van der Waals surface area (Å²) in [7, 11) is 0. The van der Waals surface area contributed by atoms with E-state index in [0.29, 0.717) is 0 Å². The molecule has 0 N–H and O–H groups in total. The minimum Gasteiger partial charge on any atom is -0.144 e. The molecule has 0 aliphatic heterocycles. The predicted octanol–water partition coefficient (Wildman–Crippen LogP) is 2.63. The first-order valence-electron chi connectivity index (χ1n) is 2.41. The molecule has 0 atom stereocenters. The quantitative estimate of drug-likeness (QED) is 0.421. The molecular formula is C5H8ClNO. The third-order valence-corrected chi connectivity index (χ3v) is 1.35. The van der Waals surface area contributed by atoms with Gasteiger partial charge in [-0.05, 0) is 24.1 Å². The van der Waals surface area contributed by atoms with Crippen molar-refractivity contribution < 1.29 is 0 Å². The number of hydrogen-bond donors (Lipinski definition) is 0. The van der Waals surface area contributed by atoms with Crippen LogP contribution in [0, 0.1) is 4.91 Å². The van der Waals surface area contributed by atoms with Crippen molar-refractivity contribution in [3.8, 4) is 0 Å². The van der Waals surface area contributed by atoms with Crippen molar-refractivity contribution >= 4 is 11.6 Å². The van der Waals surface area contributed by atoms with Crippen LogP contribution in [0.1, 0.15) is 20.3 Å². The lowest BCUT2D eigenvalue weighted by Crippen LogP contribution is -1.72. The zero-order chi connectivity index (χ0) is 6.57. The fourth-order valence-electron chi connectivity index (χ4n) is 0.224. The lowest BCUT2D eigenvalue weighted by atomic mass is 10.3. The molecule has 46 valence electrons. The van der Waals surface area contributed by atoms with Gasteiger partial charge in [-0.3, -0.25) is 0 Å². The lowest BCUT2D eigenvalue weighted by molar-refractivity contribution is 1.07. The molecule has 0 heterocycles. The standard InChI is InChI=1S/C5H8ClNO/c1-3-4(2)5(6)7-8/h3H2,1-2H3/b5-4+. The Bertz CT molecular complexity index is 120. The summed E-state index contributed by atoms with van der Waals surface area (Å²) in [6, 6.07) is 0. The summed E-state index contributed by atoms with van der Waals surface area (Å²) in [5.74, 6) is 0. The average molecular weight is 134 g/mol. The van der Waals surface area contributed by atoms with E-state index < -0.39 is 0 Å². The Morgan fingerprint density at radius 1 is 1.75 bits per heavy atom. The third-order valence-electron chi connectivity index (χ3n) is 0.963. The molecule has 0 aromatic heterocycles. The fraction of sp³-hybridized carbons (Fsp3) is 0.600. The van der Waals surface area contributed by atoms with Crippen LogP contribution in [0.4, 0.5) is 0 Å². The van der Waals surface area contributed by atoms with Crippen LogP contribution >= 0.6 is 11.6 Å².